The lowest BCUT2D eigenvalue weighted by molar-refractivity contribution is 0.113. The van der Waals surface area contributed by atoms with Crippen LogP contribution in [-0.4, -0.2) is 57.0 Å². The van der Waals surface area contributed by atoms with Crippen LogP contribution >= 0.6 is 0 Å². The summed E-state index contributed by atoms with van der Waals surface area (Å²) in [5.41, 5.74) is 0. The highest BCUT2D eigenvalue weighted by Crippen LogP contribution is 2.36. The quantitative estimate of drug-likeness (QED) is 0.320. The Balaban J connectivity index is 4.65. The van der Waals surface area contributed by atoms with E-state index in [4.69, 9.17) is 8.61 Å². The zero-order chi connectivity index (χ0) is 18.5. The predicted octanol–water partition coefficient (Wildman–Crippen LogP) is 2.11. The van der Waals surface area contributed by atoms with E-state index in [0.717, 1.165) is 12.5 Å². The van der Waals surface area contributed by atoms with Gasteiger partial charge in [-0.25, -0.2) is 0 Å². The third kappa shape index (κ3) is 11.2. The molecule has 0 N–H and O–H groups in total. The molecule has 0 spiro atoms. The van der Waals surface area contributed by atoms with Crippen LogP contribution in [0, 0.1) is 0 Å². The van der Waals surface area contributed by atoms with Crippen molar-refractivity contribution in [3.8, 4) is 0 Å². The summed E-state index contributed by atoms with van der Waals surface area (Å²) in [6.07, 6.45) is 1.99. The molecule has 1 atom stereocenters. The second-order valence-electron chi connectivity index (χ2n) is 7.16. The Morgan fingerprint density at radius 3 is 1.91 bits per heavy atom. The Bertz CT molecular complexity index is 562. The number of rotatable bonds is 10. The highest BCUT2D eigenvalue weighted by atomic mass is 32.2. The van der Waals surface area contributed by atoms with Gasteiger partial charge in [0.25, 0.3) is 20.2 Å². The molecule has 0 aromatic rings. The maximum Gasteiger partial charge on any atom is 0.264 e. The van der Waals surface area contributed by atoms with Crippen molar-refractivity contribution in [3.05, 3.63) is 0 Å². The molecule has 0 bridgehead atoms. The van der Waals surface area contributed by atoms with Gasteiger partial charge in [-0.15, -0.1) is 0 Å². The van der Waals surface area contributed by atoms with Gasteiger partial charge in [0.2, 0.25) is 0 Å². The zero-order valence-electron chi connectivity index (χ0n) is 15.1. The molecule has 0 saturated carbocycles. The van der Waals surface area contributed by atoms with Gasteiger partial charge in [-0.1, -0.05) is 20.8 Å². The normalized spacial score (nSPS) is 15.6. The minimum absolute atomic E-state index is 0.00202. The summed E-state index contributed by atoms with van der Waals surface area (Å²) in [5.74, 6) is 0. The molecular formula is C13H30O7S2Si. The fraction of sp³-hybridized carbons (Fsp3) is 1.00. The summed E-state index contributed by atoms with van der Waals surface area (Å²) >= 11 is 0. The minimum Gasteiger partial charge on any atom is -0.414 e. The first kappa shape index (κ1) is 23.0. The second kappa shape index (κ2) is 8.39. The summed E-state index contributed by atoms with van der Waals surface area (Å²) in [6, 6.07) is 0. The Hall–Kier alpha value is -0.00312. The molecule has 0 aromatic heterocycles. The minimum atomic E-state index is -3.62. The smallest absolute Gasteiger partial charge is 0.264 e. The van der Waals surface area contributed by atoms with E-state index >= 15 is 0 Å². The van der Waals surface area contributed by atoms with Crippen LogP contribution in [0.25, 0.3) is 0 Å². The van der Waals surface area contributed by atoms with Crippen LogP contribution < -0.4 is 0 Å². The third-order valence-electron chi connectivity index (χ3n) is 3.71. The van der Waals surface area contributed by atoms with E-state index in [9.17, 15) is 16.8 Å². The Labute approximate surface area is 142 Å². The second-order valence-corrected chi connectivity index (χ2v) is 15.2. The molecule has 0 unspecified atom stereocenters. The lowest BCUT2D eigenvalue weighted by Crippen LogP contribution is -2.43. The van der Waals surface area contributed by atoms with Crippen molar-refractivity contribution in [2.45, 2.75) is 57.8 Å². The van der Waals surface area contributed by atoms with Crippen LogP contribution in [0.1, 0.15) is 33.6 Å². The molecule has 0 amide bonds. The molecule has 0 radical (unpaired) electrons. The Morgan fingerprint density at radius 2 is 1.52 bits per heavy atom. The lowest BCUT2D eigenvalue weighted by Gasteiger charge is -2.37. The summed E-state index contributed by atoms with van der Waals surface area (Å²) < 4.78 is 60.2. The molecule has 7 nitrogen and oxygen atoms in total. The average molecular weight is 391 g/mol. The molecule has 0 rings (SSSR count). The van der Waals surface area contributed by atoms with Crippen molar-refractivity contribution in [3.63, 3.8) is 0 Å². The van der Waals surface area contributed by atoms with Crippen molar-refractivity contribution in [1.82, 2.24) is 0 Å². The van der Waals surface area contributed by atoms with Gasteiger partial charge in [0.15, 0.2) is 8.32 Å². The van der Waals surface area contributed by atoms with E-state index in [-0.39, 0.29) is 18.3 Å². The third-order valence-corrected chi connectivity index (χ3v) is 9.43. The van der Waals surface area contributed by atoms with Gasteiger partial charge in [-0.05, 0) is 31.0 Å². The van der Waals surface area contributed by atoms with Crippen LogP contribution in [0.2, 0.25) is 18.1 Å². The van der Waals surface area contributed by atoms with E-state index in [1.54, 1.807) is 0 Å². The maximum absolute atomic E-state index is 11.4. The van der Waals surface area contributed by atoms with Gasteiger partial charge in [-0.2, -0.15) is 16.8 Å². The summed E-state index contributed by atoms with van der Waals surface area (Å²) in [7, 11) is -9.13. The van der Waals surface area contributed by atoms with Crippen LogP contribution in [0.5, 0.6) is 0 Å². The van der Waals surface area contributed by atoms with Crippen molar-refractivity contribution >= 4 is 28.6 Å². The monoisotopic (exact) mass is 390 g/mol. The topological polar surface area (TPSA) is 96.0 Å². The van der Waals surface area contributed by atoms with Gasteiger partial charge in [0.05, 0.1) is 31.8 Å². The molecule has 0 heterocycles. The van der Waals surface area contributed by atoms with Gasteiger partial charge in [0.1, 0.15) is 0 Å². The van der Waals surface area contributed by atoms with Gasteiger partial charge >= 0.3 is 0 Å². The molecule has 140 valence electrons. The molecule has 0 saturated heterocycles. The van der Waals surface area contributed by atoms with E-state index < -0.39 is 34.7 Å². The summed E-state index contributed by atoms with van der Waals surface area (Å²) in [4.78, 5) is 0. The molecule has 0 aliphatic carbocycles. The van der Waals surface area contributed by atoms with Gasteiger partial charge in [0, 0.05) is 0 Å². The zero-order valence-corrected chi connectivity index (χ0v) is 17.7. The summed E-state index contributed by atoms with van der Waals surface area (Å²) in [5, 5.41) is 0.00202. The van der Waals surface area contributed by atoms with Gasteiger partial charge < -0.3 is 4.43 Å². The molecule has 0 aliphatic rings. The molecule has 10 heteroatoms. The van der Waals surface area contributed by atoms with Crippen LogP contribution in [0.4, 0.5) is 0 Å². The fourth-order valence-electron chi connectivity index (χ4n) is 1.45. The van der Waals surface area contributed by atoms with Crippen molar-refractivity contribution in [1.29, 1.82) is 0 Å². The van der Waals surface area contributed by atoms with E-state index in [2.05, 4.69) is 38.0 Å². The molecule has 0 aromatic carbocycles. The predicted molar refractivity (Wildman–Crippen MR) is 92.9 cm³/mol. The maximum atomic E-state index is 11.4. The lowest BCUT2D eigenvalue weighted by atomic mass is 10.2. The highest BCUT2D eigenvalue weighted by molar-refractivity contribution is 7.86. The molecule has 23 heavy (non-hydrogen) atoms. The molecule has 0 aliphatic heterocycles. The first-order valence-corrected chi connectivity index (χ1v) is 13.9. The SMILES string of the molecule is CC(C)(C)[Si](C)(C)OC[C@@H](CCCOS(C)(=O)=O)OS(C)(=O)=O. The largest absolute Gasteiger partial charge is 0.414 e. The summed E-state index contributed by atoms with van der Waals surface area (Å²) in [6.45, 7) is 10.5. The van der Waals surface area contributed by atoms with E-state index in [1.807, 2.05) is 0 Å². The average Bonchev–Trinajstić information content (AvgIpc) is 2.27. The fourth-order valence-corrected chi connectivity index (χ4v) is 3.55. The number of hydrogen-bond donors (Lipinski definition) is 0. The number of hydrogen-bond acceptors (Lipinski definition) is 7. The van der Waals surface area contributed by atoms with Crippen molar-refractivity contribution < 1.29 is 29.6 Å². The first-order chi connectivity index (χ1) is 10.0. The molecular weight excluding hydrogens is 360 g/mol. The van der Waals surface area contributed by atoms with Crippen LogP contribution in [0.15, 0.2) is 0 Å². The van der Waals surface area contributed by atoms with E-state index in [1.165, 1.54) is 0 Å². The van der Waals surface area contributed by atoms with Crippen molar-refractivity contribution in [2.75, 3.05) is 25.7 Å². The van der Waals surface area contributed by atoms with Gasteiger partial charge in [-0.3, -0.25) is 8.37 Å². The van der Waals surface area contributed by atoms with Crippen LogP contribution in [0.3, 0.4) is 0 Å². The Kier molecular flexibility index (Phi) is 8.39. The van der Waals surface area contributed by atoms with Crippen molar-refractivity contribution in [2.24, 2.45) is 0 Å². The van der Waals surface area contributed by atoms with Crippen LogP contribution in [-0.2, 0) is 33.0 Å². The highest BCUT2D eigenvalue weighted by Gasteiger charge is 2.37. The molecule has 0 fully saturated rings. The van der Waals surface area contributed by atoms with E-state index in [0.29, 0.717) is 12.8 Å². The standard InChI is InChI=1S/C13H30O7S2Si/c1-13(2,3)23(6,7)19-11-12(20-22(5,16)17)9-8-10-18-21(4,14)15/h12H,8-11H2,1-7H3/t12-/m1/s1. The first-order valence-electron chi connectivity index (χ1n) is 7.40. The Morgan fingerprint density at radius 1 is 1.00 bits per heavy atom.